The quantitative estimate of drug-likeness (QED) is 0.457. The number of aliphatic hydroxyl groups excluding tert-OH is 2. The van der Waals surface area contributed by atoms with Crippen LogP contribution in [-0.2, 0) is 4.74 Å². The van der Waals surface area contributed by atoms with Gasteiger partial charge in [0.1, 0.15) is 11.1 Å². The van der Waals surface area contributed by atoms with E-state index < -0.39 is 29.7 Å². The van der Waals surface area contributed by atoms with Crippen LogP contribution in [0.4, 0.5) is 0 Å². The Morgan fingerprint density at radius 1 is 1.56 bits per heavy atom. The van der Waals surface area contributed by atoms with Crippen molar-refractivity contribution >= 4 is 34.2 Å². The number of hydrogen-bond acceptors (Lipinski definition) is 5. The van der Waals surface area contributed by atoms with Crippen molar-refractivity contribution in [3.63, 3.8) is 0 Å². The maximum atomic E-state index is 11.6. The topological polar surface area (TPSA) is 105 Å². The summed E-state index contributed by atoms with van der Waals surface area (Å²) < 4.78 is 6.02. The van der Waals surface area contributed by atoms with Crippen LogP contribution in [0.2, 0.25) is 5.02 Å². The second-order valence-corrected chi connectivity index (χ2v) is 5.67. The molecule has 0 aromatic carbocycles. The molecular weight excluding hydrogens is 378 g/mol. The van der Waals surface area contributed by atoms with E-state index in [1.54, 1.807) is 0 Å². The highest BCUT2D eigenvalue weighted by Gasteiger charge is 2.43. The molecule has 3 N–H and O–H groups in total. The zero-order valence-electron chi connectivity index (χ0n) is 8.92. The van der Waals surface area contributed by atoms with Gasteiger partial charge in [0.05, 0.1) is 16.6 Å². The second-order valence-electron chi connectivity index (χ2n) is 3.83. The smallest absolute Gasteiger partial charge is 0.330 e. The summed E-state index contributed by atoms with van der Waals surface area (Å²) in [5, 5.41) is 18.9. The molecule has 2 rings (SSSR count). The lowest BCUT2D eigenvalue weighted by molar-refractivity contribution is -0.0529. The summed E-state index contributed by atoms with van der Waals surface area (Å²) in [7, 11) is 0. The number of ether oxygens (including phenoxy) is 1. The van der Waals surface area contributed by atoms with Crippen LogP contribution in [0.15, 0.2) is 15.8 Å². The molecule has 7 nitrogen and oxygen atoms in total. The van der Waals surface area contributed by atoms with Gasteiger partial charge in [-0.3, -0.25) is 14.3 Å². The number of rotatable bonds is 2. The first-order valence-electron chi connectivity index (χ1n) is 5.05. The molecule has 1 fully saturated rings. The third kappa shape index (κ3) is 2.35. The van der Waals surface area contributed by atoms with Gasteiger partial charge in [-0.2, -0.15) is 0 Å². The maximum absolute atomic E-state index is 11.6. The van der Waals surface area contributed by atoms with Crippen molar-refractivity contribution in [2.45, 2.75) is 22.4 Å². The molecule has 1 aliphatic rings. The molecule has 1 aliphatic heterocycles. The minimum atomic E-state index is -0.984. The molecule has 2 unspecified atom stereocenters. The Hall–Kier alpha value is -0.420. The largest absolute Gasteiger partial charge is 0.394 e. The summed E-state index contributed by atoms with van der Waals surface area (Å²) in [4.78, 5) is 24.8. The molecule has 0 saturated carbocycles. The third-order valence-corrected chi connectivity index (χ3v) is 4.47. The van der Waals surface area contributed by atoms with Gasteiger partial charge in [-0.25, -0.2) is 4.79 Å². The van der Waals surface area contributed by atoms with E-state index in [1.165, 1.54) is 0 Å². The number of aromatic amines is 1. The lowest BCUT2D eigenvalue weighted by atomic mass is 10.2. The Labute approximate surface area is 119 Å². The zero-order valence-corrected chi connectivity index (χ0v) is 11.8. The number of halogens is 2. The molecule has 18 heavy (non-hydrogen) atoms. The highest BCUT2D eigenvalue weighted by Crippen LogP contribution is 2.33. The Bertz CT molecular complexity index is 559. The molecule has 0 spiro atoms. The maximum Gasteiger partial charge on any atom is 0.330 e. The molecular formula is C9H10ClIN2O5. The van der Waals surface area contributed by atoms with Gasteiger partial charge in [0.15, 0.2) is 6.23 Å². The summed E-state index contributed by atoms with van der Waals surface area (Å²) in [5.41, 5.74) is -1.43. The highest BCUT2D eigenvalue weighted by molar-refractivity contribution is 14.1. The zero-order chi connectivity index (χ0) is 13.4. The number of aromatic nitrogens is 2. The van der Waals surface area contributed by atoms with E-state index in [2.05, 4.69) is 0 Å². The van der Waals surface area contributed by atoms with E-state index >= 15 is 0 Å². The van der Waals surface area contributed by atoms with E-state index in [0.717, 1.165) is 10.8 Å². The number of H-pyrrole nitrogens is 1. The fraction of sp³-hybridized carbons (Fsp3) is 0.556. The molecule has 0 radical (unpaired) electrons. The molecule has 0 aliphatic carbocycles. The van der Waals surface area contributed by atoms with Crippen LogP contribution in [0.1, 0.15) is 6.23 Å². The number of nitrogens with one attached hydrogen (secondary N) is 1. The fourth-order valence-electron chi connectivity index (χ4n) is 1.74. The Kier molecular flexibility index (Phi) is 4.11. The van der Waals surface area contributed by atoms with Gasteiger partial charge in [0.25, 0.3) is 5.56 Å². The first-order valence-corrected chi connectivity index (χ1v) is 6.67. The minimum Gasteiger partial charge on any atom is -0.394 e. The average Bonchev–Trinajstić information content (AvgIpc) is 2.61. The van der Waals surface area contributed by atoms with Crippen molar-refractivity contribution < 1.29 is 14.9 Å². The number of alkyl halides is 1. The Morgan fingerprint density at radius 3 is 2.78 bits per heavy atom. The normalized spacial score (nSPS) is 31.8. The van der Waals surface area contributed by atoms with Gasteiger partial charge >= 0.3 is 5.69 Å². The molecule has 0 bridgehead atoms. The Balaban J connectivity index is 2.42. The molecule has 2 heterocycles. The van der Waals surface area contributed by atoms with E-state index in [9.17, 15) is 14.7 Å². The van der Waals surface area contributed by atoms with Gasteiger partial charge in [0.2, 0.25) is 0 Å². The van der Waals surface area contributed by atoms with E-state index in [-0.39, 0.29) is 15.6 Å². The number of nitrogens with zero attached hydrogens (tertiary/aromatic N) is 1. The summed E-state index contributed by atoms with van der Waals surface area (Å²) in [6, 6.07) is 0. The van der Waals surface area contributed by atoms with E-state index in [0.29, 0.717) is 0 Å². The molecule has 4 atom stereocenters. The van der Waals surface area contributed by atoms with Crippen molar-refractivity contribution in [3.8, 4) is 0 Å². The molecule has 1 aromatic rings. The summed E-state index contributed by atoms with van der Waals surface area (Å²) in [6.45, 7) is -0.271. The molecule has 1 saturated heterocycles. The van der Waals surface area contributed by atoms with Crippen molar-refractivity contribution in [1.29, 1.82) is 0 Å². The predicted octanol–water partition coefficient (Wildman–Crippen LogP) is -0.756. The summed E-state index contributed by atoms with van der Waals surface area (Å²) in [6.07, 6.45) is -1.43. The SMILES string of the molecule is O=c1[nH]c(=O)n([C@H]2O[C@@H](CO)C(I)C2O)cc1Cl. The van der Waals surface area contributed by atoms with Gasteiger partial charge < -0.3 is 14.9 Å². The van der Waals surface area contributed by atoms with Gasteiger partial charge in [0, 0.05) is 6.20 Å². The predicted molar refractivity (Wildman–Crippen MR) is 71.1 cm³/mol. The second kappa shape index (κ2) is 5.29. The van der Waals surface area contributed by atoms with Crippen LogP contribution >= 0.6 is 34.2 Å². The van der Waals surface area contributed by atoms with Crippen molar-refractivity contribution in [2.24, 2.45) is 0 Å². The molecule has 9 heteroatoms. The van der Waals surface area contributed by atoms with Crippen LogP contribution in [0.5, 0.6) is 0 Å². The number of hydrogen-bond donors (Lipinski definition) is 3. The van der Waals surface area contributed by atoms with E-state index in [1.807, 2.05) is 27.6 Å². The average molecular weight is 389 g/mol. The third-order valence-electron chi connectivity index (χ3n) is 2.67. The van der Waals surface area contributed by atoms with Crippen LogP contribution in [0, 0.1) is 0 Å². The van der Waals surface area contributed by atoms with Crippen molar-refractivity contribution in [1.82, 2.24) is 9.55 Å². The highest BCUT2D eigenvalue weighted by atomic mass is 127. The monoisotopic (exact) mass is 388 g/mol. The summed E-state index contributed by atoms with van der Waals surface area (Å²) in [5.74, 6) is 0. The van der Waals surface area contributed by atoms with Crippen molar-refractivity contribution in [2.75, 3.05) is 6.61 Å². The lowest BCUT2D eigenvalue weighted by Crippen LogP contribution is -2.36. The van der Waals surface area contributed by atoms with Crippen LogP contribution in [-0.4, -0.2) is 42.5 Å². The lowest BCUT2D eigenvalue weighted by Gasteiger charge is -2.17. The fourth-order valence-corrected chi connectivity index (χ4v) is 2.64. The Morgan fingerprint density at radius 2 is 2.22 bits per heavy atom. The van der Waals surface area contributed by atoms with Gasteiger partial charge in [-0.15, -0.1) is 0 Å². The number of aliphatic hydroxyl groups is 2. The van der Waals surface area contributed by atoms with Crippen LogP contribution in [0.3, 0.4) is 0 Å². The first kappa shape index (κ1) is 14.0. The van der Waals surface area contributed by atoms with Gasteiger partial charge in [-0.1, -0.05) is 34.2 Å². The molecule has 0 amide bonds. The molecule has 100 valence electrons. The van der Waals surface area contributed by atoms with Crippen molar-refractivity contribution in [3.05, 3.63) is 32.1 Å². The van der Waals surface area contributed by atoms with Gasteiger partial charge in [-0.05, 0) is 0 Å². The first-order chi connectivity index (χ1) is 8.45. The van der Waals surface area contributed by atoms with Crippen LogP contribution < -0.4 is 11.2 Å². The van der Waals surface area contributed by atoms with Crippen LogP contribution in [0.25, 0.3) is 0 Å². The summed E-state index contributed by atoms with van der Waals surface area (Å²) >= 11 is 7.56. The molecule has 1 aromatic heterocycles. The standard InChI is InChI=1S/C9H10ClIN2O5/c10-3-1-13(9(17)12-7(3)16)8-6(15)5(11)4(2-14)18-8/h1,4-6,8,14-15H,2H2,(H,12,16,17)/t4-,5?,6?,8-/m0/s1. The minimum absolute atomic E-state index is 0.178. The van der Waals surface area contributed by atoms with E-state index in [4.69, 9.17) is 21.4 Å².